The fourth-order valence-electron chi connectivity index (χ4n) is 3.48. The smallest absolute Gasteiger partial charge is 0.408 e. The van der Waals surface area contributed by atoms with Gasteiger partial charge in [0, 0.05) is 26.2 Å². The summed E-state index contributed by atoms with van der Waals surface area (Å²) in [6.45, 7) is 21.8. The van der Waals surface area contributed by atoms with Crippen LogP contribution in [0.3, 0.4) is 0 Å². The average molecular weight is 412 g/mol. The molecule has 0 saturated carbocycles. The number of ether oxygens (including phenoxy) is 1. The predicted octanol–water partition coefficient (Wildman–Crippen LogP) is 3.21. The predicted molar refractivity (Wildman–Crippen MR) is 121 cm³/mol. The van der Waals surface area contributed by atoms with Gasteiger partial charge in [-0.25, -0.2) is 4.79 Å². The second-order valence-corrected chi connectivity index (χ2v) is 10.2. The maximum absolute atomic E-state index is 12.1. The van der Waals surface area contributed by atoms with Crippen molar-refractivity contribution in [2.24, 2.45) is 16.8 Å². The molecule has 0 radical (unpaired) electrons. The number of nitrogens with zero attached hydrogens (tertiary/aromatic N) is 2. The molecule has 1 aliphatic heterocycles. The zero-order valence-corrected chi connectivity index (χ0v) is 20.0. The highest BCUT2D eigenvalue weighted by Gasteiger charge is 2.25. The molecular weight excluding hydrogens is 366 g/mol. The van der Waals surface area contributed by atoms with Gasteiger partial charge in [-0.1, -0.05) is 13.8 Å². The highest BCUT2D eigenvalue weighted by atomic mass is 16.6. The van der Waals surface area contributed by atoms with Gasteiger partial charge in [0.2, 0.25) is 0 Å². The molecule has 170 valence electrons. The average Bonchev–Trinajstić information content (AvgIpc) is 2.55. The van der Waals surface area contributed by atoms with Gasteiger partial charge in [0.15, 0.2) is 5.96 Å². The van der Waals surface area contributed by atoms with Crippen molar-refractivity contribution in [3.05, 3.63) is 0 Å². The van der Waals surface area contributed by atoms with Crippen molar-refractivity contribution >= 4 is 12.1 Å². The number of nitrogens with one attached hydrogen (secondary N) is 3. The molecule has 1 saturated heterocycles. The Bertz CT molecular complexity index is 526. The van der Waals surface area contributed by atoms with E-state index in [2.05, 4.69) is 41.6 Å². The minimum absolute atomic E-state index is 0.414. The molecule has 0 aliphatic carbocycles. The highest BCUT2D eigenvalue weighted by molar-refractivity contribution is 5.79. The van der Waals surface area contributed by atoms with Gasteiger partial charge in [-0.15, -0.1) is 0 Å². The van der Waals surface area contributed by atoms with Crippen LogP contribution in [-0.2, 0) is 4.74 Å². The lowest BCUT2D eigenvalue weighted by Gasteiger charge is -2.34. The molecule has 0 aromatic carbocycles. The summed E-state index contributed by atoms with van der Waals surface area (Å²) >= 11 is 0. The van der Waals surface area contributed by atoms with E-state index in [4.69, 9.17) is 9.73 Å². The van der Waals surface area contributed by atoms with Crippen molar-refractivity contribution in [3.8, 4) is 0 Å². The van der Waals surface area contributed by atoms with Gasteiger partial charge >= 0.3 is 6.09 Å². The Kier molecular flexibility index (Phi) is 10.2. The molecule has 1 heterocycles. The first-order valence-electron chi connectivity index (χ1n) is 11.2. The van der Waals surface area contributed by atoms with Crippen LogP contribution in [0.1, 0.15) is 68.2 Å². The summed E-state index contributed by atoms with van der Waals surface area (Å²) in [5, 5.41) is 9.72. The molecule has 1 aliphatic rings. The van der Waals surface area contributed by atoms with Gasteiger partial charge in [-0.05, 0) is 72.8 Å². The number of aliphatic imine (C=N–C) groups is 1. The van der Waals surface area contributed by atoms with Crippen LogP contribution in [-0.4, -0.2) is 67.4 Å². The molecule has 3 N–H and O–H groups in total. The fourth-order valence-corrected chi connectivity index (χ4v) is 3.48. The van der Waals surface area contributed by atoms with E-state index < -0.39 is 17.2 Å². The second-order valence-electron chi connectivity index (χ2n) is 10.2. The van der Waals surface area contributed by atoms with Crippen molar-refractivity contribution in [1.29, 1.82) is 0 Å². The highest BCUT2D eigenvalue weighted by Crippen LogP contribution is 2.17. The van der Waals surface area contributed by atoms with Crippen LogP contribution in [0.2, 0.25) is 0 Å². The van der Waals surface area contributed by atoms with E-state index >= 15 is 0 Å². The normalized spacial score (nSPS) is 19.2. The molecule has 1 fully saturated rings. The first-order valence-corrected chi connectivity index (χ1v) is 11.2. The Hall–Kier alpha value is -1.50. The third-order valence-corrected chi connectivity index (χ3v) is 4.60. The maximum atomic E-state index is 12.1. The van der Waals surface area contributed by atoms with Crippen molar-refractivity contribution in [1.82, 2.24) is 20.9 Å². The van der Waals surface area contributed by atoms with Crippen LogP contribution in [0.5, 0.6) is 0 Å². The first kappa shape index (κ1) is 25.5. The number of likely N-dealkylation sites (tertiary alicyclic amines) is 1. The molecule has 7 nitrogen and oxygen atoms in total. The van der Waals surface area contributed by atoms with Crippen molar-refractivity contribution in [2.45, 2.75) is 79.4 Å². The first-order chi connectivity index (χ1) is 13.4. The van der Waals surface area contributed by atoms with Gasteiger partial charge in [-0.2, -0.15) is 0 Å². The molecule has 1 amide bonds. The fraction of sp³-hybridized carbons (Fsp3) is 0.909. The Morgan fingerprint density at radius 1 is 1.21 bits per heavy atom. The lowest BCUT2D eigenvalue weighted by molar-refractivity contribution is 0.0476. The van der Waals surface area contributed by atoms with Crippen LogP contribution in [0.15, 0.2) is 4.99 Å². The molecule has 1 atom stereocenters. The Morgan fingerprint density at radius 2 is 1.90 bits per heavy atom. The Balaban J connectivity index is 2.55. The Labute approximate surface area is 178 Å². The van der Waals surface area contributed by atoms with E-state index in [1.807, 2.05) is 34.6 Å². The third kappa shape index (κ3) is 11.9. The van der Waals surface area contributed by atoms with Gasteiger partial charge < -0.3 is 25.6 Å². The molecule has 0 spiro atoms. The summed E-state index contributed by atoms with van der Waals surface area (Å²) in [5.74, 6) is 2.15. The monoisotopic (exact) mass is 411 g/mol. The minimum atomic E-state index is -0.511. The van der Waals surface area contributed by atoms with Crippen LogP contribution in [0.4, 0.5) is 4.79 Å². The molecule has 0 aromatic rings. The number of hydrogen-bond donors (Lipinski definition) is 3. The van der Waals surface area contributed by atoms with Crippen LogP contribution < -0.4 is 16.0 Å². The van der Waals surface area contributed by atoms with Gasteiger partial charge in [0.1, 0.15) is 5.60 Å². The van der Waals surface area contributed by atoms with E-state index in [1.165, 1.54) is 25.9 Å². The maximum Gasteiger partial charge on any atom is 0.408 e. The number of alkyl carbamates (subject to hydrolysis) is 1. The van der Waals surface area contributed by atoms with E-state index in [0.29, 0.717) is 18.4 Å². The lowest BCUT2D eigenvalue weighted by atomic mass is 9.97. The molecule has 1 unspecified atom stereocenters. The van der Waals surface area contributed by atoms with Gasteiger partial charge in [-0.3, -0.25) is 4.99 Å². The number of rotatable bonds is 8. The lowest BCUT2D eigenvalue weighted by Crippen LogP contribution is -2.49. The van der Waals surface area contributed by atoms with Crippen molar-refractivity contribution in [2.75, 3.05) is 39.3 Å². The van der Waals surface area contributed by atoms with Gasteiger partial charge in [0.05, 0.1) is 12.1 Å². The summed E-state index contributed by atoms with van der Waals surface area (Å²) in [7, 11) is 0. The van der Waals surface area contributed by atoms with Crippen LogP contribution >= 0.6 is 0 Å². The number of amides is 1. The number of carbonyl (C=O) groups excluding carboxylic acids is 1. The third-order valence-electron chi connectivity index (χ3n) is 4.60. The quantitative estimate of drug-likeness (QED) is 0.422. The van der Waals surface area contributed by atoms with Gasteiger partial charge in [0.25, 0.3) is 0 Å². The summed E-state index contributed by atoms with van der Waals surface area (Å²) in [6.07, 6.45) is 2.11. The SMILES string of the molecule is CCNC(=NCC(C)(C)NC(=O)OC(C)(C)C)NCC1CCCN(CC(C)C)C1. The number of guanidine groups is 1. The summed E-state index contributed by atoms with van der Waals surface area (Å²) in [6, 6.07) is 0. The zero-order chi connectivity index (χ0) is 22.1. The Morgan fingerprint density at radius 3 is 2.48 bits per heavy atom. The number of carbonyl (C=O) groups is 1. The molecule has 1 rings (SSSR count). The topological polar surface area (TPSA) is 78.0 Å². The summed E-state index contributed by atoms with van der Waals surface area (Å²) in [5.41, 5.74) is -1.01. The van der Waals surface area contributed by atoms with Crippen LogP contribution in [0.25, 0.3) is 0 Å². The molecule has 29 heavy (non-hydrogen) atoms. The molecule has 0 bridgehead atoms. The van der Waals surface area contributed by atoms with E-state index in [1.54, 1.807) is 0 Å². The second kappa shape index (κ2) is 11.6. The summed E-state index contributed by atoms with van der Waals surface area (Å²) in [4.78, 5) is 19.3. The van der Waals surface area contributed by atoms with Crippen molar-refractivity contribution in [3.63, 3.8) is 0 Å². The number of piperidine rings is 1. The summed E-state index contributed by atoms with van der Waals surface area (Å²) < 4.78 is 5.36. The van der Waals surface area contributed by atoms with Crippen LogP contribution in [0, 0.1) is 11.8 Å². The largest absolute Gasteiger partial charge is 0.444 e. The van der Waals surface area contributed by atoms with E-state index in [0.717, 1.165) is 25.6 Å². The molecular formula is C22H45N5O2. The molecule has 7 heteroatoms. The van der Waals surface area contributed by atoms with E-state index in [-0.39, 0.29) is 0 Å². The van der Waals surface area contributed by atoms with E-state index in [9.17, 15) is 4.79 Å². The zero-order valence-electron chi connectivity index (χ0n) is 20.0. The molecule has 0 aromatic heterocycles. The minimum Gasteiger partial charge on any atom is -0.444 e. The van der Waals surface area contributed by atoms with Crippen molar-refractivity contribution < 1.29 is 9.53 Å². The number of hydrogen-bond acceptors (Lipinski definition) is 4. The standard InChI is InChI=1S/C22H45N5O2/c1-9-23-19(24-13-18-11-10-12-27(15-18)14-17(2)3)25-16-22(7,8)26-20(28)29-21(4,5)6/h17-18H,9-16H2,1-8H3,(H,26,28)(H2,23,24,25).